The fraction of sp³-hybridized carbons (Fsp3) is 0.750. The number of fused-ring (bicyclic) bond motifs is 1. The lowest BCUT2D eigenvalue weighted by Crippen LogP contribution is -2.11. The molecule has 0 saturated heterocycles. The van der Waals surface area contributed by atoms with Gasteiger partial charge in [-0.05, 0) is 24.8 Å². The number of sulfone groups is 1. The first kappa shape index (κ1) is 27.1. The fourth-order valence-corrected chi connectivity index (χ4v) is 6.36. The molecule has 0 aromatic heterocycles. The van der Waals surface area contributed by atoms with Gasteiger partial charge in [0.25, 0.3) is 0 Å². The summed E-state index contributed by atoms with van der Waals surface area (Å²) in [4.78, 5) is 5.34. The zero-order chi connectivity index (χ0) is 23.1. The molecule has 0 saturated carbocycles. The molecule has 1 aliphatic rings. The third-order valence-electron chi connectivity index (χ3n) is 6.83. The summed E-state index contributed by atoms with van der Waals surface area (Å²) in [5.74, 6) is 0.664. The summed E-state index contributed by atoms with van der Waals surface area (Å²) in [6, 6.07) is 7.37. The molecule has 32 heavy (non-hydrogen) atoms. The predicted octanol–water partition coefficient (Wildman–Crippen LogP) is 8.16. The molecule has 4 heteroatoms. The van der Waals surface area contributed by atoms with Gasteiger partial charge in [-0.25, -0.2) is 8.42 Å². The van der Waals surface area contributed by atoms with Crippen LogP contribution in [0.15, 0.2) is 34.2 Å². The molecule has 0 spiro atoms. The van der Waals surface area contributed by atoms with Gasteiger partial charge in [-0.15, -0.1) is 0 Å². The molecular formula is C28H47NO2S. The van der Waals surface area contributed by atoms with E-state index in [2.05, 4.69) is 13.8 Å². The van der Waals surface area contributed by atoms with Crippen LogP contribution in [0, 0.1) is 5.92 Å². The van der Waals surface area contributed by atoms with Crippen molar-refractivity contribution in [3.63, 3.8) is 0 Å². The molecule has 2 rings (SSSR count). The summed E-state index contributed by atoms with van der Waals surface area (Å²) < 4.78 is 24.9. The third kappa shape index (κ3) is 9.77. The van der Waals surface area contributed by atoms with Crippen LogP contribution in [0.3, 0.4) is 0 Å². The van der Waals surface area contributed by atoms with E-state index in [0.29, 0.717) is 10.8 Å². The standard InChI is InChI=1S/C28H47NO2S/c1-3-5-7-9-11-12-14-16-20-25(19-15-13-10-8-6-4-2)23-29-27-24-32(30,31)28-22-18-17-21-26(27)28/h17-18,21-22,25H,3-16,19-20,23-24H2,1-2H3. The molecule has 0 amide bonds. The number of rotatable bonds is 18. The summed E-state index contributed by atoms with van der Waals surface area (Å²) in [5.41, 5.74) is 1.61. The number of benzene rings is 1. The Hall–Kier alpha value is -1.16. The summed E-state index contributed by atoms with van der Waals surface area (Å²) in [6.07, 6.45) is 21.2. The van der Waals surface area contributed by atoms with Crippen LogP contribution < -0.4 is 0 Å². The van der Waals surface area contributed by atoms with Crippen molar-refractivity contribution in [1.29, 1.82) is 0 Å². The van der Waals surface area contributed by atoms with Crippen LogP contribution in [0.5, 0.6) is 0 Å². The Morgan fingerprint density at radius 1 is 0.750 bits per heavy atom. The van der Waals surface area contributed by atoms with Gasteiger partial charge in [0.1, 0.15) is 0 Å². The van der Waals surface area contributed by atoms with Crippen LogP contribution in [-0.2, 0) is 9.84 Å². The van der Waals surface area contributed by atoms with E-state index in [1.165, 1.54) is 103 Å². The van der Waals surface area contributed by atoms with E-state index >= 15 is 0 Å². The molecule has 0 bridgehead atoms. The molecule has 1 heterocycles. The Bertz CT molecular complexity index is 769. The normalized spacial score (nSPS) is 17.0. The first-order valence-electron chi connectivity index (χ1n) is 13.4. The average Bonchev–Trinajstić information content (AvgIpc) is 3.06. The fourth-order valence-electron chi connectivity index (χ4n) is 4.79. The minimum Gasteiger partial charge on any atom is -0.288 e. The molecule has 182 valence electrons. The van der Waals surface area contributed by atoms with Crippen LogP contribution in [0.25, 0.3) is 0 Å². The highest BCUT2D eigenvalue weighted by Crippen LogP contribution is 2.27. The van der Waals surface area contributed by atoms with Crippen molar-refractivity contribution in [3.8, 4) is 0 Å². The minimum absolute atomic E-state index is 0.0772. The van der Waals surface area contributed by atoms with Gasteiger partial charge in [-0.1, -0.05) is 122 Å². The van der Waals surface area contributed by atoms with E-state index in [9.17, 15) is 8.42 Å². The summed E-state index contributed by atoms with van der Waals surface area (Å²) in [7, 11) is -3.20. The maximum atomic E-state index is 12.5. The average molecular weight is 462 g/mol. The highest BCUT2D eigenvalue weighted by molar-refractivity contribution is 7.92. The zero-order valence-electron chi connectivity index (χ0n) is 20.8. The quantitative estimate of drug-likeness (QED) is 0.207. The van der Waals surface area contributed by atoms with Crippen LogP contribution in [0.1, 0.15) is 122 Å². The summed E-state index contributed by atoms with van der Waals surface area (Å²) in [5, 5.41) is 0. The molecular weight excluding hydrogens is 414 g/mol. The van der Waals surface area contributed by atoms with Crippen molar-refractivity contribution in [1.82, 2.24) is 0 Å². The van der Waals surface area contributed by atoms with Crippen LogP contribution in [0.2, 0.25) is 0 Å². The van der Waals surface area contributed by atoms with Gasteiger partial charge in [0.2, 0.25) is 0 Å². The van der Waals surface area contributed by atoms with Crippen molar-refractivity contribution in [2.24, 2.45) is 10.9 Å². The molecule has 0 aliphatic carbocycles. The Balaban J connectivity index is 1.83. The number of nitrogens with zero attached hydrogens (tertiary/aromatic N) is 1. The lowest BCUT2D eigenvalue weighted by Gasteiger charge is -2.15. The Labute approximate surface area is 198 Å². The molecule has 3 nitrogen and oxygen atoms in total. The monoisotopic (exact) mass is 461 g/mol. The number of aliphatic imine (C=N–C) groups is 1. The van der Waals surface area contributed by atoms with Gasteiger partial charge in [0.15, 0.2) is 9.84 Å². The lowest BCUT2D eigenvalue weighted by atomic mass is 9.94. The highest BCUT2D eigenvalue weighted by atomic mass is 32.2. The first-order valence-corrected chi connectivity index (χ1v) is 15.1. The van der Waals surface area contributed by atoms with E-state index in [-0.39, 0.29) is 5.75 Å². The second-order valence-electron chi connectivity index (χ2n) is 9.73. The topological polar surface area (TPSA) is 46.5 Å². The largest absolute Gasteiger partial charge is 0.288 e. The van der Waals surface area contributed by atoms with Crippen molar-refractivity contribution >= 4 is 15.5 Å². The van der Waals surface area contributed by atoms with E-state index in [0.717, 1.165) is 17.8 Å². The van der Waals surface area contributed by atoms with Gasteiger partial charge < -0.3 is 0 Å². The number of hydrogen-bond acceptors (Lipinski definition) is 3. The Kier molecular flexibility index (Phi) is 13.2. The maximum absolute atomic E-state index is 12.5. The molecule has 1 atom stereocenters. The Morgan fingerprint density at radius 3 is 1.81 bits per heavy atom. The van der Waals surface area contributed by atoms with Gasteiger partial charge >= 0.3 is 0 Å². The minimum atomic E-state index is -3.20. The predicted molar refractivity (Wildman–Crippen MR) is 139 cm³/mol. The lowest BCUT2D eigenvalue weighted by molar-refractivity contribution is 0.411. The maximum Gasteiger partial charge on any atom is 0.184 e. The first-order chi connectivity index (χ1) is 15.6. The van der Waals surface area contributed by atoms with Crippen LogP contribution in [-0.4, -0.2) is 26.4 Å². The van der Waals surface area contributed by atoms with E-state index < -0.39 is 9.84 Å². The molecule has 0 fully saturated rings. The molecule has 1 aromatic rings. The van der Waals surface area contributed by atoms with Crippen LogP contribution in [0.4, 0.5) is 0 Å². The zero-order valence-corrected chi connectivity index (χ0v) is 21.6. The summed E-state index contributed by atoms with van der Waals surface area (Å²) >= 11 is 0. The van der Waals surface area contributed by atoms with Gasteiger partial charge in [-0.2, -0.15) is 0 Å². The smallest absolute Gasteiger partial charge is 0.184 e. The number of hydrogen-bond donors (Lipinski definition) is 0. The molecule has 1 unspecified atom stereocenters. The van der Waals surface area contributed by atoms with E-state index in [4.69, 9.17) is 4.99 Å². The second-order valence-corrected chi connectivity index (χ2v) is 11.7. The van der Waals surface area contributed by atoms with Gasteiger partial charge in [0, 0.05) is 12.1 Å². The van der Waals surface area contributed by atoms with Crippen LogP contribution >= 0.6 is 0 Å². The second kappa shape index (κ2) is 15.6. The molecule has 0 radical (unpaired) electrons. The van der Waals surface area contributed by atoms with Gasteiger partial charge in [0.05, 0.1) is 16.4 Å². The van der Waals surface area contributed by atoms with Crippen molar-refractivity contribution in [2.45, 2.75) is 121 Å². The molecule has 1 aromatic carbocycles. The van der Waals surface area contributed by atoms with Crippen molar-refractivity contribution < 1.29 is 8.42 Å². The number of unbranched alkanes of at least 4 members (excludes halogenated alkanes) is 12. The summed E-state index contributed by atoms with van der Waals surface area (Å²) in [6.45, 7) is 5.32. The molecule has 1 aliphatic heterocycles. The van der Waals surface area contributed by atoms with Gasteiger partial charge in [-0.3, -0.25) is 4.99 Å². The third-order valence-corrected chi connectivity index (χ3v) is 8.51. The van der Waals surface area contributed by atoms with Crippen molar-refractivity contribution in [3.05, 3.63) is 29.8 Å². The van der Waals surface area contributed by atoms with Crippen molar-refractivity contribution in [2.75, 3.05) is 12.3 Å². The van der Waals surface area contributed by atoms with E-state index in [1.54, 1.807) is 6.07 Å². The Morgan fingerprint density at radius 2 is 1.25 bits per heavy atom. The van der Waals surface area contributed by atoms with E-state index in [1.807, 2.05) is 18.2 Å². The molecule has 0 N–H and O–H groups in total. The SMILES string of the molecule is CCCCCCCCCCC(CCCCCCCC)CN=C1CS(=O)(=O)c2ccccc21. The highest BCUT2D eigenvalue weighted by Gasteiger charge is 2.31.